The number of nitrogens with one attached hydrogen (secondary N) is 1. The van der Waals surface area contributed by atoms with E-state index < -0.39 is 0 Å². The molecule has 0 radical (unpaired) electrons. The number of anilines is 1. The number of fused-ring (bicyclic) bond motifs is 3. The third-order valence-corrected chi connectivity index (χ3v) is 6.12. The molecule has 0 unspecified atom stereocenters. The molecule has 3 aromatic rings. The monoisotopic (exact) mass is 353 g/mol. The molecule has 25 heavy (non-hydrogen) atoms. The van der Waals surface area contributed by atoms with Crippen LogP contribution in [0.1, 0.15) is 35.8 Å². The molecule has 0 saturated heterocycles. The van der Waals surface area contributed by atoms with Crippen molar-refractivity contribution in [1.82, 2.24) is 9.55 Å². The number of rotatable bonds is 5. The van der Waals surface area contributed by atoms with Gasteiger partial charge < -0.3 is 5.32 Å². The zero-order valence-electron chi connectivity index (χ0n) is 14.5. The number of hydrogen-bond acceptors (Lipinski definition) is 4. The molecule has 0 spiro atoms. The smallest absolute Gasteiger partial charge is 0.263 e. The van der Waals surface area contributed by atoms with Crippen molar-refractivity contribution in [2.75, 3.05) is 11.9 Å². The second kappa shape index (κ2) is 7.00. The van der Waals surface area contributed by atoms with Crippen molar-refractivity contribution < 1.29 is 0 Å². The zero-order chi connectivity index (χ0) is 17.2. The van der Waals surface area contributed by atoms with E-state index in [4.69, 9.17) is 4.98 Å². The Morgan fingerprint density at radius 3 is 2.80 bits per heavy atom. The minimum atomic E-state index is 0.120. The topological polar surface area (TPSA) is 46.9 Å². The maximum Gasteiger partial charge on any atom is 0.263 e. The van der Waals surface area contributed by atoms with Crippen LogP contribution in [0.15, 0.2) is 35.1 Å². The molecule has 1 N–H and O–H groups in total. The molecular formula is C20H23N3OS. The molecule has 0 aliphatic heterocycles. The van der Waals surface area contributed by atoms with E-state index in [0.29, 0.717) is 12.5 Å². The van der Waals surface area contributed by atoms with Gasteiger partial charge in [-0.3, -0.25) is 9.36 Å². The highest BCUT2D eigenvalue weighted by Crippen LogP contribution is 2.34. The van der Waals surface area contributed by atoms with Gasteiger partial charge in [-0.1, -0.05) is 30.3 Å². The Balaban J connectivity index is 1.65. The van der Waals surface area contributed by atoms with E-state index in [1.54, 1.807) is 15.9 Å². The lowest BCUT2D eigenvalue weighted by Crippen LogP contribution is -2.25. The van der Waals surface area contributed by atoms with Gasteiger partial charge in [-0.15, -0.1) is 11.3 Å². The lowest BCUT2D eigenvalue weighted by molar-refractivity contribution is 0.695. The highest BCUT2D eigenvalue weighted by molar-refractivity contribution is 7.18. The Morgan fingerprint density at radius 2 is 2.00 bits per heavy atom. The van der Waals surface area contributed by atoms with Gasteiger partial charge in [0.2, 0.25) is 5.95 Å². The maximum absolute atomic E-state index is 13.0. The Morgan fingerprint density at radius 1 is 1.20 bits per heavy atom. The van der Waals surface area contributed by atoms with Crippen LogP contribution in [0.4, 0.5) is 5.95 Å². The van der Waals surface area contributed by atoms with Gasteiger partial charge in [-0.05, 0) is 50.2 Å². The van der Waals surface area contributed by atoms with Crippen LogP contribution in [0.5, 0.6) is 0 Å². The Kier molecular flexibility index (Phi) is 4.57. The number of benzene rings is 1. The fourth-order valence-corrected chi connectivity index (χ4v) is 4.88. The summed E-state index contributed by atoms with van der Waals surface area (Å²) in [6.45, 7) is 3.42. The van der Waals surface area contributed by atoms with Crippen LogP contribution in [0.25, 0.3) is 10.2 Å². The normalized spacial score (nSPS) is 13.8. The molecule has 0 amide bonds. The van der Waals surface area contributed by atoms with Crippen molar-refractivity contribution in [1.29, 1.82) is 0 Å². The lowest BCUT2D eigenvalue weighted by atomic mass is 9.97. The fraction of sp³-hybridized carbons (Fsp3) is 0.400. The van der Waals surface area contributed by atoms with E-state index in [1.807, 2.05) is 13.0 Å². The SMILES string of the molecule is CCn1c(NCCc2ccccc2)nc2sc3c(c2c1=O)CCCC3. The fourth-order valence-electron chi connectivity index (χ4n) is 3.63. The molecule has 4 rings (SSSR count). The van der Waals surface area contributed by atoms with Crippen LogP contribution in [-0.2, 0) is 25.8 Å². The van der Waals surface area contributed by atoms with Gasteiger partial charge in [-0.2, -0.15) is 0 Å². The van der Waals surface area contributed by atoms with Crippen LogP contribution < -0.4 is 10.9 Å². The van der Waals surface area contributed by atoms with E-state index >= 15 is 0 Å². The number of hydrogen-bond donors (Lipinski definition) is 1. The maximum atomic E-state index is 13.0. The quantitative estimate of drug-likeness (QED) is 0.754. The minimum absolute atomic E-state index is 0.120. The second-order valence-corrected chi connectivity index (χ2v) is 7.62. The number of thiophene rings is 1. The van der Waals surface area contributed by atoms with Gasteiger partial charge >= 0.3 is 0 Å². The molecule has 2 heterocycles. The first kappa shape index (κ1) is 16.3. The van der Waals surface area contributed by atoms with Crippen molar-refractivity contribution in [3.8, 4) is 0 Å². The van der Waals surface area contributed by atoms with E-state index in [0.717, 1.165) is 36.0 Å². The number of nitrogens with zero attached hydrogens (tertiary/aromatic N) is 2. The molecule has 5 heteroatoms. The van der Waals surface area contributed by atoms with Crippen molar-refractivity contribution in [3.63, 3.8) is 0 Å². The average Bonchev–Trinajstić information content (AvgIpc) is 3.01. The van der Waals surface area contributed by atoms with Gasteiger partial charge in [0, 0.05) is 18.0 Å². The molecule has 1 aromatic carbocycles. The molecule has 0 saturated carbocycles. The molecule has 2 aromatic heterocycles. The van der Waals surface area contributed by atoms with E-state index in [2.05, 4.69) is 29.6 Å². The predicted octanol–water partition coefficient (Wildman–Crippen LogP) is 4.01. The highest BCUT2D eigenvalue weighted by Gasteiger charge is 2.21. The summed E-state index contributed by atoms with van der Waals surface area (Å²) in [4.78, 5) is 20.1. The third-order valence-electron chi connectivity index (χ3n) is 4.93. The van der Waals surface area contributed by atoms with E-state index in [9.17, 15) is 4.79 Å². The largest absolute Gasteiger partial charge is 0.355 e. The first-order chi connectivity index (χ1) is 12.3. The van der Waals surface area contributed by atoms with E-state index in [-0.39, 0.29) is 5.56 Å². The lowest BCUT2D eigenvalue weighted by Gasteiger charge is -2.13. The van der Waals surface area contributed by atoms with E-state index in [1.165, 1.54) is 28.8 Å². The highest BCUT2D eigenvalue weighted by atomic mass is 32.1. The summed E-state index contributed by atoms with van der Waals surface area (Å²) in [7, 11) is 0. The van der Waals surface area contributed by atoms with Crippen LogP contribution in [-0.4, -0.2) is 16.1 Å². The minimum Gasteiger partial charge on any atom is -0.355 e. The van der Waals surface area contributed by atoms with Crippen LogP contribution >= 0.6 is 11.3 Å². The van der Waals surface area contributed by atoms with Gasteiger partial charge in [0.25, 0.3) is 5.56 Å². The molecule has 0 fully saturated rings. The zero-order valence-corrected chi connectivity index (χ0v) is 15.4. The Bertz CT molecular complexity index is 943. The summed E-state index contributed by atoms with van der Waals surface area (Å²) < 4.78 is 1.79. The second-order valence-electron chi connectivity index (χ2n) is 6.54. The number of aromatic nitrogens is 2. The molecular weight excluding hydrogens is 330 g/mol. The average molecular weight is 353 g/mol. The van der Waals surface area contributed by atoms with Crippen LogP contribution in [0.3, 0.4) is 0 Å². The molecule has 0 bridgehead atoms. The van der Waals surface area contributed by atoms with Crippen molar-refractivity contribution >= 4 is 27.5 Å². The summed E-state index contributed by atoms with van der Waals surface area (Å²) >= 11 is 1.71. The molecule has 130 valence electrons. The molecule has 0 atom stereocenters. The van der Waals surface area contributed by atoms with Crippen LogP contribution in [0.2, 0.25) is 0 Å². The summed E-state index contributed by atoms with van der Waals surface area (Å²) in [6.07, 6.45) is 5.44. The van der Waals surface area contributed by atoms with Gasteiger partial charge in [0.05, 0.1) is 5.39 Å². The van der Waals surface area contributed by atoms with Crippen molar-refractivity contribution in [2.45, 2.75) is 45.6 Å². The first-order valence-corrected chi connectivity index (χ1v) is 9.92. The molecule has 4 nitrogen and oxygen atoms in total. The first-order valence-electron chi connectivity index (χ1n) is 9.11. The molecule has 1 aliphatic carbocycles. The van der Waals surface area contributed by atoms with Gasteiger partial charge in [0.1, 0.15) is 4.83 Å². The number of aryl methyl sites for hydroxylation is 2. The summed E-state index contributed by atoms with van der Waals surface area (Å²) in [5, 5.41) is 4.26. The van der Waals surface area contributed by atoms with Crippen molar-refractivity contribution in [3.05, 3.63) is 56.7 Å². The van der Waals surface area contributed by atoms with Gasteiger partial charge in [-0.25, -0.2) is 4.98 Å². The summed E-state index contributed by atoms with van der Waals surface area (Å²) in [6, 6.07) is 10.4. The van der Waals surface area contributed by atoms with Gasteiger partial charge in [0.15, 0.2) is 0 Å². The summed E-state index contributed by atoms with van der Waals surface area (Å²) in [5.74, 6) is 0.703. The van der Waals surface area contributed by atoms with Crippen LogP contribution in [0, 0.1) is 0 Å². The Hall–Kier alpha value is -2.14. The summed E-state index contributed by atoms with van der Waals surface area (Å²) in [5.41, 5.74) is 2.67. The predicted molar refractivity (Wildman–Crippen MR) is 105 cm³/mol. The van der Waals surface area contributed by atoms with Crippen molar-refractivity contribution in [2.24, 2.45) is 0 Å². The third kappa shape index (κ3) is 3.09. The Labute approximate surface area is 151 Å². The molecule has 1 aliphatic rings. The standard InChI is InChI=1S/C20H23N3OS/c1-2-23-19(24)17-15-10-6-7-11-16(15)25-18(17)22-20(23)21-13-12-14-8-4-3-5-9-14/h3-5,8-9H,2,6-7,10-13H2,1H3,(H,21,22).